The number of carbonyl (C=O) groups excluding carboxylic acids is 1. The van der Waals surface area contributed by atoms with Crippen molar-refractivity contribution in [2.24, 2.45) is 0 Å². The monoisotopic (exact) mass is 363 g/mol. The van der Waals surface area contributed by atoms with Gasteiger partial charge in [-0.3, -0.25) is 4.79 Å². The van der Waals surface area contributed by atoms with Crippen LogP contribution in [0.2, 0.25) is 0 Å². The molecule has 0 fully saturated rings. The van der Waals surface area contributed by atoms with Gasteiger partial charge >= 0.3 is 0 Å². The van der Waals surface area contributed by atoms with E-state index in [1.807, 2.05) is 13.0 Å². The number of carbonyl (C=O) groups is 1. The molecule has 0 aliphatic carbocycles. The highest BCUT2D eigenvalue weighted by molar-refractivity contribution is 8.00. The number of Topliss-reactive ketones (excluding diaryl/α,β-unsaturated/α-hetero) is 1. The van der Waals surface area contributed by atoms with Crippen molar-refractivity contribution in [3.05, 3.63) is 82.2 Å². The molecule has 1 heterocycles. The summed E-state index contributed by atoms with van der Waals surface area (Å²) in [4.78, 5) is 14.0. The third-order valence-electron chi connectivity index (χ3n) is 4.87. The topological polar surface area (TPSA) is 22.0 Å². The lowest BCUT2D eigenvalue weighted by Gasteiger charge is -2.10. The van der Waals surface area contributed by atoms with Crippen LogP contribution in [0.3, 0.4) is 0 Å². The van der Waals surface area contributed by atoms with Gasteiger partial charge in [-0.25, -0.2) is 0 Å². The normalized spacial score (nSPS) is 11.0. The first kappa shape index (κ1) is 18.5. The van der Waals surface area contributed by atoms with Crippen molar-refractivity contribution < 1.29 is 4.79 Å². The fourth-order valence-corrected chi connectivity index (χ4v) is 4.04. The van der Waals surface area contributed by atoms with Gasteiger partial charge in [0, 0.05) is 27.5 Å². The molecule has 3 rings (SSSR count). The third kappa shape index (κ3) is 3.78. The Bertz CT molecular complexity index is 951. The number of hydrogen-bond acceptors (Lipinski definition) is 2. The highest BCUT2D eigenvalue weighted by Gasteiger charge is 2.17. The molecular weight excluding hydrogens is 338 g/mol. The van der Waals surface area contributed by atoms with Crippen LogP contribution in [-0.4, -0.2) is 16.1 Å². The molecule has 134 valence electrons. The van der Waals surface area contributed by atoms with Crippen molar-refractivity contribution in [2.45, 2.75) is 39.5 Å². The number of ketones is 1. The number of thioether (sulfide) groups is 1. The van der Waals surface area contributed by atoms with Crippen LogP contribution in [-0.2, 0) is 0 Å². The molecule has 0 bridgehead atoms. The second kappa shape index (κ2) is 7.55. The predicted octanol–water partition coefficient (Wildman–Crippen LogP) is 5.99. The largest absolute Gasteiger partial charge is 0.318 e. The quantitative estimate of drug-likeness (QED) is 0.410. The zero-order valence-corrected chi connectivity index (χ0v) is 16.9. The number of hydrogen-bond donors (Lipinski definition) is 0. The molecule has 0 N–H and O–H groups in total. The van der Waals surface area contributed by atoms with Gasteiger partial charge in [-0.1, -0.05) is 23.8 Å². The molecule has 0 radical (unpaired) electrons. The molecule has 0 saturated carbocycles. The Balaban J connectivity index is 1.80. The fraction of sp³-hybridized carbons (Fsp3) is 0.261. The van der Waals surface area contributed by atoms with Crippen LogP contribution in [0, 0.1) is 34.6 Å². The van der Waals surface area contributed by atoms with Crippen LogP contribution in [0.5, 0.6) is 0 Å². The Morgan fingerprint density at radius 3 is 2.23 bits per heavy atom. The highest BCUT2D eigenvalue weighted by Crippen LogP contribution is 2.25. The van der Waals surface area contributed by atoms with E-state index in [4.69, 9.17) is 0 Å². The molecular formula is C23H25NOS. The molecule has 0 spiro atoms. The van der Waals surface area contributed by atoms with Crippen molar-refractivity contribution >= 4 is 17.5 Å². The van der Waals surface area contributed by atoms with Gasteiger partial charge in [0.25, 0.3) is 0 Å². The molecule has 3 heteroatoms. The molecule has 0 unspecified atom stereocenters. The van der Waals surface area contributed by atoms with Crippen LogP contribution in [0.15, 0.2) is 53.4 Å². The molecule has 0 saturated heterocycles. The molecule has 3 aromatic rings. The maximum atomic E-state index is 12.8. The number of nitrogens with zero attached hydrogens (tertiary/aromatic N) is 1. The summed E-state index contributed by atoms with van der Waals surface area (Å²) in [5, 5.41) is 0. The van der Waals surface area contributed by atoms with Crippen LogP contribution in [0.25, 0.3) is 5.69 Å². The van der Waals surface area contributed by atoms with Gasteiger partial charge in [0.05, 0.1) is 5.75 Å². The zero-order valence-electron chi connectivity index (χ0n) is 16.1. The minimum Gasteiger partial charge on any atom is -0.318 e. The SMILES string of the molecule is Cc1ccc(-n2c(C)cc(C(=O)CSc3ccc(C)c(C)c3)c2C)cc1. The first-order valence-corrected chi connectivity index (χ1v) is 9.84. The van der Waals surface area contributed by atoms with E-state index >= 15 is 0 Å². The highest BCUT2D eigenvalue weighted by atomic mass is 32.2. The summed E-state index contributed by atoms with van der Waals surface area (Å²) in [7, 11) is 0. The Morgan fingerprint density at radius 2 is 1.58 bits per heavy atom. The minimum absolute atomic E-state index is 0.180. The van der Waals surface area contributed by atoms with Crippen LogP contribution in [0.4, 0.5) is 0 Å². The molecule has 0 atom stereocenters. The number of aryl methyl sites for hydroxylation is 4. The maximum Gasteiger partial charge on any atom is 0.174 e. The lowest BCUT2D eigenvalue weighted by Crippen LogP contribution is -2.05. The number of rotatable bonds is 5. The van der Waals surface area contributed by atoms with Gasteiger partial charge in [-0.15, -0.1) is 11.8 Å². The van der Waals surface area contributed by atoms with E-state index in [9.17, 15) is 4.79 Å². The second-order valence-corrected chi connectivity index (χ2v) is 7.96. The third-order valence-corrected chi connectivity index (χ3v) is 5.87. The van der Waals surface area contributed by atoms with Gasteiger partial charge in [-0.05, 0) is 76.1 Å². The average molecular weight is 364 g/mol. The van der Waals surface area contributed by atoms with Crippen molar-refractivity contribution in [2.75, 3.05) is 5.75 Å². The lowest BCUT2D eigenvalue weighted by molar-refractivity contribution is 0.102. The number of benzene rings is 2. The fourth-order valence-electron chi connectivity index (χ4n) is 3.17. The predicted molar refractivity (Wildman–Crippen MR) is 111 cm³/mol. The maximum absolute atomic E-state index is 12.8. The summed E-state index contributed by atoms with van der Waals surface area (Å²) < 4.78 is 2.16. The van der Waals surface area contributed by atoms with Crippen molar-refractivity contribution in [1.29, 1.82) is 0 Å². The summed E-state index contributed by atoms with van der Waals surface area (Å²) in [6.45, 7) is 10.4. The standard InChI is InChI=1S/C23H25NOS/c1-15-6-9-20(10-7-15)24-18(4)13-22(19(24)5)23(25)14-26-21-11-8-16(2)17(3)12-21/h6-13H,14H2,1-5H3. The smallest absolute Gasteiger partial charge is 0.174 e. The molecule has 1 aromatic heterocycles. The average Bonchev–Trinajstić information content (AvgIpc) is 2.91. The Labute approximate surface area is 160 Å². The summed E-state index contributed by atoms with van der Waals surface area (Å²) in [5.74, 6) is 0.639. The van der Waals surface area contributed by atoms with Crippen LogP contribution >= 0.6 is 11.8 Å². The molecule has 0 aliphatic rings. The first-order chi connectivity index (χ1) is 12.4. The minimum atomic E-state index is 0.180. The van der Waals surface area contributed by atoms with Gasteiger partial charge in [0.1, 0.15) is 0 Å². The Hall–Kier alpha value is -2.26. The first-order valence-electron chi connectivity index (χ1n) is 8.86. The van der Waals surface area contributed by atoms with E-state index < -0.39 is 0 Å². The number of aromatic nitrogens is 1. The molecule has 2 nitrogen and oxygen atoms in total. The van der Waals surface area contributed by atoms with Crippen molar-refractivity contribution in [1.82, 2.24) is 4.57 Å². The van der Waals surface area contributed by atoms with E-state index in [-0.39, 0.29) is 5.78 Å². The van der Waals surface area contributed by atoms with Crippen molar-refractivity contribution in [3.63, 3.8) is 0 Å². The molecule has 26 heavy (non-hydrogen) atoms. The van der Waals surface area contributed by atoms with Gasteiger partial charge < -0.3 is 4.57 Å². The van der Waals surface area contributed by atoms with E-state index in [1.54, 1.807) is 11.8 Å². The molecule has 0 aliphatic heterocycles. The summed E-state index contributed by atoms with van der Waals surface area (Å²) in [5.41, 5.74) is 7.80. The second-order valence-electron chi connectivity index (χ2n) is 6.91. The summed E-state index contributed by atoms with van der Waals surface area (Å²) in [6, 6.07) is 16.8. The van der Waals surface area contributed by atoms with Crippen molar-refractivity contribution in [3.8, 4) is 5.69 Å². The van der Waals surface area contributed by atoms with Gasteiger partial charge in [-0.2, -0.15) is 0 Å². The van der Waals surface area contributed by atoms with E-state index in [1.165, 1.54) is 16.7 Å². The van der Waals surface area contributed by atoms with Crippen LogP contribution in [0.1, 0.15) is 38.4 Å². The molecule has 0 amide bonds. The molecule has 2 aromatic carbocycles. The van der Waals surface area contributed by atoms with Crippen LogP contribution < -0.4 is 0 Å². The van der Waals surface area contributed by atoms with Gasteiger partial charge in [0.15, 0.2) is 5.78 Å². The summed E-state index contributed by atoms with van der Waals surface area (Å²) in [6.07, 6.45) is 0. The van der Waals surface area contributed by atoms with E-state index in [0.717, 1.165) is 27.5 Å². The Morgan fingerprint density at radius 1 is 0.885 bits per heavy atom. The zero-order chi connectivity index (χ0) is 18.8. The summed E-state index contributed by atoms with van der Waals surface area (Å²) >= 11 is 1.61. The van der Waals surface area contributed by atoms with E-state index in [0.29, 0.717) is 5.75 Å². The lowest BCUT2D eigenvalue weighted by atomic mass is 10.1. The van der Waals surface area contributed by atoms with Gasteiger partial charge in [0.2, 0.25) is 0 Å². The van der Waals surface area contributed by atoms with E-state index in [2.05, 4.69) is 74.7 Å². The Kier molecular flexibility index (Phi) is 5.38.